The number of phenolic OH excluding ortho intramolecular Hbond substituents is 1. The number of aldehydes is 1. The molecule has 5 aliphatic rings. The van der Waals surface area contributed by atoms with Crippen molar-refractivity contribution < 1.29 is 29.3 Å². The monoisotopic (exact) mass is 502 g/mol. The highest BCUT2D eigenvalue weighted by Crippen LogP contribution is 2.63. The van der Waals surface area contributed by atoms with Gasteiger partial charge in [0.05, 0.1) is 28.2 Å². The number of hydrogen-bond donors (Lipinski definition) is 2. The van der Waals surface area contributed by atoms with Crippen LogP contribution in [-0.2, 0) is 5.41 Å². The Balaban J connectivity index is 1.38. The molecule has 5 atom stereocenters. The molecule has 3 fully saturated rings. The molecule has 2 N–H and O–H groups in total. The van der Waals surface area contributed by atoms with Gasteiger partial charge in [0, 0.05) is 23.7 Å². The van der Waals surface area contributed by atoms with Crippen LogP contribution in [0.3, 0.4) is 0 Å². The summed E-state index contributed by atoms with van der Waals surface area (Å²) in [6.07, 6.45) is 3.54. The number of phenols is 1. The Hall–Kier alpha value is -3.23. The van der Waals surface area contributed by atoms with Crippen LogP contribution in [0.2, 0.25) is 0 Å². The van der Waals surface area contributed by atoms with Crippen LogP contribution in [0, 0.1) is 5.92 Å². The van der Waals surface area contributed by atoms with Crippen molar-refractivity contribution in [3.8, 4) is 11.5 Å². The van der Waals surface area contributed by atoms with Gasteiger partial charge in [0.15, 0.2) is 11.5 Å². The average molecular weight is 503 g/mol. The predicted octanol–water partition coefficient (Wildman–Crippen LogP) is 2.90. The summed E-state index contributed by atoms with van der Waals surface area (Å²) in [4.78, 5) is 42.9. The zero-order valence-corrected chi connectivity index (χ0v) is 20.7. The first-order chi connectivity index (χ1) is 17.8. The Morgan fingerprint density at radius 1 is 1.05 bits per heavy atom. The third-order valence-electron chi connectivity index (χ3n) is 9.79. The zero-order valence-electron chi connectivity index (χ0n) is 20.7. The summed E-state index contributed by atoms with van der Waals surface area (Å²) in [5.41, 5.74) is -0.746. The molecule has 2 saturated carbocycles. The number of hydrogen-bond acceptors (Lipinski definition) is 7. The number of carbonyl (C=O) groups excluding carboxylic acids is 3. The van der Waals surface area contributed by atoms with E-state index in [-0.39, 0.29) is 29.4 Å². The minimum absolute atomic E-state index is 0.110. The largest absolute Gasteiger partial charge is 0.504 e. The van der Waals surface area contributed by atoms with Crippen molar-refractivity contribution in [3.05, 3.63) is 58.7 Å². The number of aliphatic hydroxyl groups is 1. The molecule has 0 unspecified atom stereocenters. The average Bonchev–Trinajstić information content (AvgIpc) is 3.60. The van der Waals surface area contributed by atoms with Crippen LogP contribution in [-0.4, -0.2) is 75.0 Å². The topological polar surface area (TPSA) is 107 Å². The van der Waals surface area contributed by atoms with E-state index in [0.29, 0.717) is 54.0 Å². The SMILES string of the molecule is C[C@H]1N(CC2CC2)CC[C@]23c4c(C=O)ccc(O)c4O[C@H]2[C@H](N2C(=O)c4ccccc4C2=O)CC[C@@]13O. The van der Waals surface area contributed by atoms with E-state index >= 15 is 0 Å². The normalized spacial score (nSPS) is 34.4. The number of nitrogens with zero attached hydrogens (tertiary/aromatic N) is 2. The Morgan fingerprint density at radius 2 is 1.76 bits per heavy atom. The molecule has 0 aromatic heterocycles. The van der Waals surface area contributed by atoms with Crippen molar-refractivity contribution in [2.45, 2.75) is 68.2 Å². The van der Waals surface area contributed by atoms with Gasteiger partial charge >= 0.3 is 0 Å². The Labute approximate surface area is 214 Å². The zero-order chi connectivity index (χ0) is 25.7. The van der Waals surface area contributed by atoms with Gasteiger partial charge in [0.2, 0.25) is 0 Å². The Bertz CT molecular complexity index is 1320. The van der Waals surface area contributed by atoms with E-state index < -0.39 is 23.2 Å². The molecule has 2 aliphatic carbocycles. The van der Waals surface area contributed by atoms with Crippen LogP contribution in [0.1, 0.15) is 75.7 Å². The van der Waals surface area contributed by atoms with Crippen LogP contribution in [0.25, 0.3) is 0 Å². The molecule has 2 aromatic carbocycles. The minimum atomic E-state index is -1.28. The maximum atomic E-state index is 13.5. The number of fused-ring (bicyclic) bond motifs is 2. The number of amides is 2. The third-order valence-corrected chi connectivity index (χ3v) is 9.79. The molecule has 37 heavy (non-hydrogen) atoms. The summed E-state index contributed by atoms with van der Waals surface area (Å²) in [6.45, 7) is 3.63. The highest BCUT2D eigenvalue weighted by molar-refractivity contribution is 6.21. The molecule has 2 amide bonds. The van der Waals surface area contributed by atoms with E-state index in [9.17, 15) is 24.6 Å². The van der Waals surface area contributed by atoms with Crippen molar-refractivity contribution in [2.75, 3.05) is 13.1 Å². The van der Waals surface area contributed by atoms with Crippen molar-refractivity contribution in [2.24, 2.45) is 5.92 Å². The van der Waals surface area contributed by atoms with E-state index in [0.717, 1.165) is 12.8 Å². The van der Waals surface area contributed by atoms with Crippen molar-refractivity contribution in [1.29, 1.82) is 0 Å². The lowest BCUT2D eigenvalue weighted by Gasteiger charge is -2.61. The van der Waals surface area contributed by atoms with Gasteiger partial charge in [0.1, 0.15) is 12.4 Å². The number of ether oxygens (including phenoxy) is 1. The standard InChI is InChI=1S/C29H30N2O6/c1-16-29(36)11-10-21(31-26(34)19-4-2-3-5-20(19)27(31)35)25-28(29,12-13-30(16)14-17-6-7-17)23-18(15-32)8-9-22(33)24(23)37-25/h2-5,8-9,15-17,21,25,33,36H,6-7,10-14H2,1H3/t16-,21-,25+,28+,29-/m1/s1. The van der Waals surface area contributed by atoms with Crippen LogP contribution in [0.4, 0.5) is 0 Å². The Morgan fingerprint density at radius 3 is 2.41 bits per heavy atom. The molecule has 0 bridgehead atoms. The molecule has 3 aliphatic heterocycles. The minimum Gasteiger partial charge on any atom is -0.504 e. The molecular weight excluding hydrogens is 472 g/mol. The van der Waals surface area contributed by atoms with Crippen LogP contribution < -0.4 is 4.74 Å². The van der Waals surface area contributed by atoms with Gasteiger partial charge in [-0.3, -0.25) is 24.2 Å². The number of carbonyl (C=O) groups is 3. The van der Waals surface area contributed by atoms with E-state index in [1.54, 1.807) is 30.3 Å². The summed E-state index contributed by atoms with van der Waals surface area (Å²) in [7, 11) is 0. The second kappa shape index (κ2) is 7.65. The van der Waals surface area contributed by atoms with E-state index in [1.165, 1.54) is 23.8 Å². The molecule has 8 nitrogen and oxygen atoms in total. The number of piperidine rings is 1. The van der Waals surface area contributed by atoms with E-state index in [4.69, 9.17) is 4.74 Å². The van der Waals surface area contributed by atoms with E-state index in [2.05, 4.69) is 4.90 Å². The lowest BCUT2D eigenvalue weighted by atomic mass is 9.51. The van der Waals surface area contributed by atoms with Gasteiger partial charge in [-0.15, -0.1) is 0 Å². The van der Waals surface area contributed by atoms with Gasteiger partial charge in [0.25, 0.3) is 11.8 Å². The first-order valence-electron chi connectivity index (χ1n) is 13.2. The molecule has 8 heteroatoms. The second-order valence-corrected chi connectivity index (χ2v) is 11.4. The van der Waals surface area contributed by atoms with Crippen LogP contribution >= 0.6 is 0 Å². The molecule has 2 aromatic rings. The maximum absolute atomic E-state index is 13.5. The number of benzene rings is 2. The molecule has 7 rings (SSSR count). The van der Waals surface area contributed by atoms with Crippen LogP contribution in [0.15, 0.2) is 36.4 Å². The molecule has 1 spiro atoms. The first-order valence-corrected chi connectivity index (χ1v) is 13.2. The molecule has 0 radical (unpaired) electrons. The fourth-order valence-corrected chi connectivity index (χ4v) is 7.78. The van der Waals surface area contributed by atoms with Crippen molar-refractivity contribution >= 4 is 18.1 Å². The van der Waals surface area contributed by atoms with Crippen molar-refractivity contribution in [3.63, 3.8) is 0 Å². The number of imide groups is 1. The fourth-order valence-electron chi connectivity index (χ4n) is 7.78. The molecule has 3 heterocycles. The summed E-state index contributed by atoms with van der Waals surface area (Å²) in [5.74, 6) is -0.0258. The quantitative estimate of drug-likeness (QED) is 0.489. The molecular formula is C29H30N2O6. The first kappa shape index (κ1) is 22.9. The summed E-state index contributed by atoms with van der Waals surface area (Å²) < 4.78 is 6.47. The highest BCUT2D eigenvalue weighted by Gasteiger charge is 2.72. The summed E-state index contributed by atoms with van der Waals surface area (Å²) in [6, 6.07) is 8.90. The van der Waals surface area contributed by atoms with Gasteiger partial charge in [-0.2, -0.15) is 0 Å². The van der Waals surface area contributed by atoms with Crippen LogP contribution in [0.5, 0.6) is 11.5 Å². The molecule has 1 saturated heterocycles. The van der Waals surface area contributed by atoms with Gasteiger partial charge in [-0.1, -0.05) is 12.1 Å². The Kier molecular flexibility index (Phi) is 4.74. The summed E-state index contributed by atoms with van der Waals surface area (Å²) >= 11 is 0. The van der Waals surface area contributed by atoms with E-state index in [1.807, 2.05) is 6.92 Å². The fraction of sp³-hybridized carbons (Fsp3) is 0.483. The van der Waals surface area contributed by atoms with Gasteiger partial charge < -0.3 is 14.9 Å². The number of rotatable bonds is 4. The highest BCUT2D eigenvalue weighted by atomic mass is 16.5. The predicted molar refractivity (Wildman–Crippen MR) is 133 cm³/mol. The smallest absolute Gasteiger partial charge is 0.261 e. The lowest BCUT2D eigenvalue weighted by molar-refractivity contribution is -0.187. The number of aromatic hydroxyl groups is 1. The lowest BCUT2D eigenvalue weighted by Crippen LogP contribution is -2.76. The molecule has 192 valence electrons. The third kappa shape index (κ3) is 2.83. The van der Waals surface area contributed by atoms with Gasteiger partial charge in [-0.25, -0.2) is 0 Å². The summed E-state index contributed by atoms with van der Waals surface area (Å²) in [5, 5.41) is 23.5. The second-order valence-electron chi connectivity index (χ2n) is 11.4. The maximum Gasteiger partial charge on any atom is 0.261 e. The van der Waals surface area contributed by atoms with Crippen molar-refractivity contribution in [1.82, 2.24) is 9.80 Å². The van der Waals surface area contributed by atoms with Gasteiger partial charge in [-0.05, 0) is 75.8 Å². The number of likely N-dealkylation sites (tertiary alicyclic amines) is 1.